The highest BCUT2D eigenvalue weighted by Gasteiger charge is 2.11. The Hall–Kier alpha value is -1.66. The number of aryl methyl sites for hydroxylation is 1. The van der Waals surface area contributed by atoms with Gasteiger partial charge in [0.25, 0.3) is 0 Å². The number of benzene rings is 1. The maximum absolute atomic E-state index is 8.82. The zero-order valence-electron chi connectivity index (χ0n) is 9.81. The Balaban J connectivity index is 2.37. The quantitative estimate of drug-likeness (QED) is 0.817. The van der Waals surface area contributed by atoms with Gasteiger partial charge in [0.15, 0.2) is 0 Å². The average Bonchev–Trinajstić information content (AvgIpc) is 2.75. The van der Waals surface area contributed by atoms with Crippen LogP contribution in [0.5, 0.6) is 0 Å². The number of rotatable bonds is 4. The van der Waals surface area contributed by atoms with Crippen molar-refractivity contribution in [2.45, 2.75) is 26.2 Å². The van der Waals surface area contributed by atoms with Gasteiger partial charge in [-0.3, -0.25) is 0 Å². The topological polar surface area (TPSA) is 36.7 Å². The Morgan fingerprint density at radius 3 is 2.71 bits per heavy atom. The van der Waals surface area contributed by atoms with E-state index in [1.54, 1.807) is 11.3 Å². The van der Waals surface area contributed by atoms with Crippen molar-refractivity contribution >= 4 is 11.3 Å². The lowest BCUT2D eigenvalue weighted by molar-refractivity contribution is 0.881. The summed E-state index contributed by atoms with van der Waals surface area (Å²) in [5.74, 6) is 0. The fourth-order valence-corrected chi connectivity index (χ4v) is 2.77. The van der Waals surface area contributed by atoms with Crippen LogP contribution in [0.25, 0.3) is 10.6 Å². The van der Waals surface area contributed by atoms with Crippen LogP contribution in [0.15, 0.2) is 30.3 Å². The molecule has 2 nitrogen and oxygen atoms in total. The van der Waals surface area contributed by atoms with Crippen molar-refractivity contribution in [3.05, 3.63) is 40.9 Å². The van der Waals surface area contributed by atoms with Crippen LogP contribution in [-0.4, -0.2) is 4.98 Å². The van der Waals surface area contributed by atoms with Gasteiger partial charge in [0.1, 0.15) is 5.01 Å². The maximum Gasteiger partial charge on any atom is 0.123 e. The van der Waals surface area contributed by atoms with Crippen molar-refractivity contribution in [3.63, 3.8) is 0 Å². The van der Waals surface area contributed by atoms with Crippen molar-refractivity contribution < 1.29 is 0 Å². The second kappa shape index (κ2) is 5.60. The fraction of sp³-hybridized carbons (Fsp3) is 0.286. The van der Waals surface area contributed by atoms with E-state index in [2.05, 4.69) is 30.1 Å². The highest BCUT2D eigenvalue weighted by Crippen LogP contribution is 2.28. The first-order valence-electron chi connectivity index (χ1n) is 5.76. The van der Waals surface area contributed by atoms with E-state index in [0.29, 0.717) is 6.42 Å². The third-order valence-electron chi connectivity index (χ3n) is 2.53. The Morgan fingerprint density at radius 1 is 1.29 bits per heavy atom. The zero-order chi connectivity index (χ0) is 12.1. The minimum Gasteiger partial charge on any atom is -0.241 e. The molecule has 2 aromatic rings. The summed E-state index contributed by atoms with van der Waals surface area (Å²) < 4.78 is 0. The molecule has 0 fully saturated rings. The predicted molar refractivity (Wildman–Crippen MR) is 70.9 cm³/mol. The molecule has 0 aliphatic rings. The molecule has 0 aliphatic heterocycles. The number of nitriles is 1. The van der Waals surface area contributed by atoms with E-state index in [4.69, 9.17) is 5.26 Å². The number of hydrogen-bond acceptors (Lipinski definition) is 3. The molecule has 0 unspecified atom stereocenters. The normalized spacial score (nSPS) is 10.1. The molecule has 0 saturated heterocycles. The number of thiazole rings is 1. The molecular formula is C14H14N2S. The van der Waals surface area contributed by atoms with E-state index in [1.165, 1.54) is 0 Å². The van der Waals surface area contributed by atoms with Crippen molar-refractivity contribution in [1.29, 1.82) is 5.26 Å². The monoisotopic (exact) mass is 242 g/mol. The Morgan fingerprint density at radius 2 is 2.06 bits per heavy atom. The first kappa shape index (κ1) is 11.8. The van der Waals surface area contributed by atoms with Crippen molar-refractivity contribution in [2.24, 2.45) is 0 Å². The number of hydrogen-bond donors (Lipinski definition) is 0. The van der Waals surface area contributed by atoms with E-state index in [1.807, 2.05) is 18.2 Å². The molecule has 0 radical (unpaired) electrons. The lowest BCUT2D eigenvalue weighted by atomic mass is 10.2. The molecule has 0 amide bonds. The zero-order valence-corrected chi connectivity index (χ0v) is 10.6. The Kier molecular flexibility index (Phi) is 3.89. The summed E-state index contributed by atoms with van der Waals surface area (Å²) >= 11 is 1.64. The highest BCUT2D eigenvalue weighted by molar-refractivity contribution is 7.15. The minimum atomic E-state index is 0.472. The summed E-state index contributed by atoms with van der Waals surface area (Å²) in [6, 6.07) is 12.4. The van der Waals surface area contributed by atoms with Crippen LogP contribution in [0.2, 0.25) is 0 Å². The van der Waals surface area contributed by atoms with Crippen molar-refractivity contribution in [1.82, 2.24) is 4.98 Å². The molecule has 86 valence electrons. The lowest BCUT2D eigenvalue weighted by Gasteiger charge is -1.94. The summed E-state index contributed by atoms with van der Waals surface area (Å²) in [4.78, 5) is 5.77. The molecule has 0 spiro atoms. The van der Waals surface area contributed by atoms with Gasteiger partial charge >= 0.3 is 0 Å². The SMILES string of the molecule is CCCc1nc(-c2ccccc2)sc1CC#N. The summed E-state index contributed by atoms with van der Waals surface area (Å²) in [7, 11) is 0. The van der Waals surface area contributed by atoms with Gasteiger partial charge in [-0.1, -0.05) is 43.7 Å². The molecule has 1 heterocycles. The molecule has 0 atom stereocenters. The molecule has 0 saturated carbocycles. The second-order valence-electron chi connectivity index (χ2n) is 3.84. The van der Waals surface area contributed by atoms with E-state index >= 15 is 0 Å². The van der Waals surface area contributed by atoms with Crippen LogP contribution in [0.3, 0.4) is 0 Å². The largest absolute Gasteiger partial charge is 0.241 e. The molecule has 1 aromatic carbocycles. The van der Waals surface area contributed by atoms with Crippen LogP contribution in [0, 0.1) is 11.3 Å². The third kappa shape index (κ3) is 2.72. The number of aromatic nitrogens is 1. The van der Waals surface area contributed by atoms with Crippen LogP contribution < -0.4 is 0 Å². The first-order chi connectivity index (χ1) is 8.35. The first-order valence-corrected chi connectivity index (χ1v) is 6.57. The van der Waals surface area contributed by atoms with Crippen LogP contribution >= 0.6 is 11.3 Å². The molecule has 3 heteroatoms. The molecule has 1 aromatic heterocycles. The number of nitrogens with zero attached hydrogens (tertiary/aromatic N) is 2. The molecular weight excluding hydrogens is 228 g/mol. The van der Waals surface area contributed by atoms with Gasteiger partial charge in [0.05, 0.1) is 18.2 Å². The Labute approximate surface area is 106 Å². The second-order valence-corrected chi connectivity index (χ2v) is 4.92. The molecule has 0 bridgehead atoms. The maximum atomic E-state index is 8.82. The molecule has 2 rings (SSSR count). The van der Waals surface area contributed by atoms with Crippen molar-refractivity contribution in [2.75, 3.05) is 0 Å². The van der Waals surface area contributed by atoms with E-state index in [9.17, 15) is 0 Å². The average molecular weight is 242 g/mol. The molecule has 17 heavy (non-hydrogen) atoms. The standard InChI is InChI=1S/C14H14N2S/c1-2-6-12-13(9-10-15)17-14(16-12)11-7-4-3-5-8-11/h3-5,7-8H,2,6,9H2,1H3. The van der Waals surface area contributed by atoms with Gasteiger partial charge in [-0.15, -0.1) is 11.3 Å². The lowest BCUT2D eigenvalue weighted by Crippen LogP contribution is -1.89. The summed E-state index contributed by atoms with van der Waals surface area (Å²) in [5, 5.41) is 9.85. The fourth-order valence-electron chi connectivity index (χ4n) is 1.73. The van der Waals surface area contributed by atoms with Gasteiger partial charge < -0.3 is 0 Å². The van der Waals surface area contributed by atoms with Crippen LogP contribution in [0.4, 0.5) is 0 Å². The van der Waals surface area contributed by atoms with Gasteiger partial charge in [-0.25, -0.2) is 4.98 Å². The van der Waals surface area contributed by atoms with E-state index in [-0.39, 0.29) is 0 Å². The van der Waals surface area contributed by atoms with Gasteiger partial charge in [0.2, 0.25) is 0 Å². The summed E-state index contributed by atoms with van der Waals surface area (Å²) in [5.41, 5.74) is 2.23. The molecule has 0 N–H and O–H groups in total. The Bertz CT molecular complexity index is 523. The van der Waals surface area contributed by atoms with Gasteiger partial charge in [-0.05, 0) is 6.42 Å². The van der Waals surface area contributed by atoms with Crippen LogP contribution in [0.1, 0.15) is 23.9 Å². The molecule has 0 aliphatic carbocycles. The third-order valence-corrected chi connectivity index (χ3v) is 3.67. The minimum absolute atomic E-state index is 0.472. The van der Waals surface area contributed by atoms with Gasteiger partial charge in [0, 0.05) is 10.4 Å². The highest BCUT2D eigenvalue weighted by atomic mass is 32.1. The smallest absolute Gasteiger partial charge is 0.123 e. The predicted octanol–water partition coefficient (Wildman–Crippen LogP) is 3.83. The van der Waals surface area contributed by atoms with Crippen LogP contribution in [-0.2, 0) is 12.8 Å². The van der Waals surface area contributed by atoms with E-state index < -0.39 is 0 Å². The summed E-state index contributed by atoms with van der Waals surface area (Å²) in [6.07, 6.45) is 2.50. The summed E-state index contributed by atoms with van der Waals surface area (Å²) in [6.45, 7) is 2.14. The van der Waals surface area contributed by atoms with Crippen molar-refractivity contribution in [3.8, 4) is 16.6 Å². The van der Waals surface area contributed by atoms with E-state index in [0.717, 1.165) is 34.0 Å². The van der Waals surface area contributed by atoms with Gasteiger partial charge in [-0.2, -0.15) is 5.26 Å².